The van der Waals surface area contributed by atoms with Crippen LogP contribution >= 0.6 is 0 Å². The van der Waals surface area contributed by atoms with Gasteiger partial charge < -0.3 is 10.4 Å². The van der Waals surface area contributed by atoms with Gasteiger partial charge in [-0.05, 0) is 37.2 Å². The number of rotatable bonds is 5. The molecule has 1 aliphatic carbocycles. The van der Waals surface area contributed by atoms with Crippen LogP contribution in [0.5, 0.6) is 0 Å². The molecule has 1 saturated carbocycles. The maximum Gasteiger partial charge on any atom is 0.234 e. The van der Waals surface area contributed by atoms with Crippen molar-refractivity contribution in [2.24, 2.45) is 5.92 Å². The highest BCUT2D eigenvalue weighted by molar-refractivity contribution is 5.78. The first kappa shape index (κ1) is 14.5. The number of amides is 1. The van der Waals surface area contributed by atoms with Crippen LogP contribution in [-0.2, 0) is 10.4 Å². The molecule has 2 N–H and O–H groups in total. The number of nitrogens with one attached hydrogen (secondary N) is 1. The first-order valence-corrected chi connectivity index (χ1v) is 7.93. The number of hydrogen-bond acceptors (Lipinski definition) is 3. The van der Waals surface area contributed by atoms with Crippen molar-refractivity contribution in [2.75, 3.05) is 26.2 Å². The molecule has 0 atom stereocenters. The van der Waals surface area contributed by atoms with Gasteiger partial charge in [0.05, 0.1) is 12.1 Å². The van der Waals surface area contributed by atoms with Crippen molar-refractivity contribution in [1.29, 1.82) is 0 Å². The minimum absolute atomic E-state index is 0.118. The molecule has 1 amide bonds. The summed E-state index contributed by atoms with van der Waals surface area (Å²) >= 11 is 0. The van der Waals surface area contributed by atoms with Gasteiger partial charge in [0, 0.05) is 19.6 Å². The molecule has 0 unspecified atom stereocenters. The number of likely N-dealkylation sites (tertiary alicyclic amines) is 1. The monoisotopic (exact) mass is 288 g/mol. The first-order chi connectivity index (χ1) is 10.2. The molecule has 0 bridgehead atoms. The molecular weight excluding hydrogens is 264 g/mol. The lowest BCUT2D eigenvalue weighted by Crippen LogP contribution is -2.46. The van der Waals surface area contributed by atoms with Crippen molar-refractivity contribution in [3.05, 3.63) is 35.9 Å². The van der Waals surface area contributed by atoms with Gasteiger partial charge in [0.15, 0.2) is 0 Å². The van der Waals surface area contributed by atoms with E-state index in [-0.39, 0.29) is 5.91 Å². The van der Waals surface area contributed by atoms with Gasteiger partial charge in [-0.15, -0.1) is 0 Å². The van der Waals surface area contributed by atoms with E-state index in [9.17, 15) is 9.90 Å². The molecule has 1 heterocycles. The number of carbonyl (C=O) groups is 1. The first-order valence-electron chi connectivity index (χ1n) is 7.93. The lowest BCUT2D eigenvalue weighted by atomic mass is 9.84. The van der Waals surface area contributed by atoms with Gasteiger partial charge in [0.25, 0.3) is 0 Å². The second-order valence-electron chi connectivity index (χ2n) is 6.42. The highest BCUT2D eigenvalue weighted by Gasteiger charge is 2.34. The van der Waals surface area contributed by atoms with Crippen LogP contribution in [0.25, 0.3) is 0 Å². The summed E-state index contributed by atoms with van der Waals surface area (Å²) in [6.07, 6.45) is 3.89. The van der Waals surface area contributed by atoms with Crippen LogP contribution in [0.4, 0.5) is 0 Å². The highest BCUT2D eigenvalue weighted by Crippen LogP contribution is 2.32. The zero-order valence-electron chi connectivity index (χ0n) is 12.4. The molecule has 4 heteroatoms. The molecule has 1 aromatic rings. The molecule has 114 valence electrons. The van der Waals surface area contributed by atoms with E-state index >= 15 is 0 Å². The molecule has 2 aliphatic rings. The van der Waals surface area contributed by atoms with Gasteiger partial charge in [0.1, 0.15) is 0 Å². The van der Waals surface area contributed by atoms with Crippen molar-refractivity contribution in [3.63, 3.8) is 0 Å². The molecule has 0 aromatic heterocycles. The number of nitrogens with zero attached hydrogens (tertiary/aromatic N) is 1. The van der Waals surface area contributed by atoms with E-state index in [1.165, 1.54) is 12.8 Å². The molecule has 3 rings (SSSR count). The quantitative estimate of drug-likeness (QED) is 0.863. The third-order valence-electron chi connectivity index (χ3n) is 4.65. The maximum atomic E-state index is 11.9. The molecule has 0 radical (unpaired) electrons. The Morgan fingerprint density at radius 3 is 2.52 bits per heavy atom. The summed E-state index contributed by atoms with van der Waals surface area (Å²) in [5.74, 6) is 0.838. The van der Waals surface area contributed by atoms with E-state index in [1.54, 1.807) is 0 Å². The number of benzene rings is 1. The van der Waals surface area contributed by atoms with Crippen LogP contribution in [0.2, 0.25) is 0 Å². The second-order valence-corrected chi connectivity index (χ2v) is 6.42. The van der Waals surface area contributed by atoms with E-state index in [4.69, 9.17) is 0 Å². The molecule has 21 heavy (non-hydrogen) atoms. The summed E-state index contributed by atoms with van der Waals surface area (Å²) in [4.78, 5) is 14.0. The zero-order chi connectivity index (χ0) is 14.7. The smallest absolute Gasteiger partial charge is 0.234 e. The van der Waals surface area contributed by atoms with Crippen LogP contribution in [-0.4, -0.2) is 42.1 Å². The molecule has 1 aliphatic heterocycles. The predicted molar refractivity (Wildman–Crippen MR) is 81.7 cm³/mol. The third-order valence-corrected chi connectivity index (χ3v) is 4.65. The Balaban J connectivity index is 1.47. The van der Waals surface area contributed by atoms with Gasteiger partial charge in [-0.25, -0.2) is 0 Å². The van der Waals surface area contributed by atoms with Gasteiger partial charge in [0.2, 0.25) is 5.91 Å². The Bertz CT molecular complexity index is 477. The summed E-state index contributed by atoms with van der Waals surface area (Å²) in [5.41, 5.74) is 0.255. The van der Waals surface area contributed by atoms with Crippen LogP contribution in [0.15, 0.2) is 30.3 Å². The number of carbonyl (C=O) groups excluding carboxylic acids is 1. The van der Waals surface area contributed by atoms with Crippen molar-refractivity contribution in [3.8, 4) is 0 Å². The van der Waals surface area contributed by atoms with Crippen molar-refractivity contribution in [1.82, 2.24) is 10.2 Å². The van der Waals surface area contributed by atoms with Gasteiger partial charge in [-0.3, -0.25) is 9.69 Å². The standard InChI is InChI=1S/C17H24N2O2/c20-16(18-12-14-6-7-14)13-19-10-8-17(21,9-11-19)15-4-2-1-3-5-15/h1-5,14,21H,6-13H2,(H,18,20). The average molecular weight is 288 g/mol. The van der Waals surface area contributed by atoms with E-state index in [2.05, 4.69) is 10.2 Å². The largest absolute Gasteiger partial charge is 0.385 e. The third kappa shape index (κ3) is 3.83. The van der Waals surface area contributed by atoms with Crippen molar-refractivity contribution in [2.45, 2.75) is 31.3 Å². The Morgan fingerprint density at radius 2 is 1.90 bits per heavy atom. The fraction of sp³-hybridized carbons (Fsp3) is 0.588. The number of aliphatic hydroxyl groups is 1. The average Bonchev–Trinajstić information content (AvgIpc) is 3.33. The Labute approximate surface area is 126 Å². The second kappa shape index (κ2) is 6.16. The van der Waals surface area contributed by atoms with Crippen LogP contribution < -0.4 is 5.32 Å². The fourth-order valence-electron chi connectivity index (χ4n) is 2.96. The zero-order valence-corrected chi connectivity index (χ0v) is 12.4. The normalized spacial score (nSPS) is 22.0. The summed E-state index contributed by atoms with van der Waals surface area (Å²) in [7, 11) is 0. The van der Waals surface area contributed by atoms with Crippen LogP contribution in [0.3, 0.4) is 0 Å². The van der Waals surface area contributed by atoms with Crippen molar-refractivity contribution < 1.29 is 9.90 Å². The SMILES string of the molecule is O=C(CN1CCC(O)(c2ccccc2)CC1)NCC1CC1. The maximum absolute atomic E-state index is 11.9. The van der Waals surface area contributed by atoms with E-state index in [0.29, 0.717) is 19.4 Å². The fourth-order valence-corrected chi connectivity index (χ4v) is 2.96. The van der Waals surface area contributed by atoms with Crippen molar-refractivity contribution >= 4 is 5.91 Å². The number of piperidine rings is 1. The highest BCUT2D eigenvalue weighted by atomic mass is 16.3. The molecule has 0 spiro atoms. The Kier molecular flexibility index (Phi) is 4.27. The minimum atomic E-state index is -0.734. The summed E-state index contributed by atoms with van der Waals surface area (Å²) < 4.78 is 0. The minimum Gasteiger partial charge on any atom is -0.385 e. The topological polar surface area (TPSA) is 52.6 Å². The summed E-state index contributed by atoms with van der Waals surface area (Å²) in [6.45, 7) is 2.82. The lowest BCUT2D eigenvalue weighted by Gasteiger charge is -2.38. The number of hydrogen-bond donors (Lipinski definition) is 2. The molecular formula is C17H24N2O2. The van der Waals surface area contributed by atoms with Crippen LogP contribution in [0.1, 0.15) is 31.2 Å². The Hall–Kier alpha value is -1.39. The summed E-state index contributed by atoms with van der Waals surface area (Å²) in [6, 6.07) is 9.86. The molecule has 1 saturated heterocycles. The lowest BCUT2D eigenvalue weighted by molar-refractivity contribution is -0.123. The van der Waals surface area contributed by atoms with Gasteiger partial charge in [-0.1, -0.05) is 30.3 Å². The molecule has 1 aromatic carbocycles. The molecule has 2 fully saturated rings. The van der Waals surface area contributed by atoms with Gasteiger partial charge >= 0.3 is 0 Å². The van der Waals surface area contributed by atoms with Gasteiger partial charge in [-0.2, -0.15) is 0 Å². The van der Waals surface area contributed by atoms with E-state index in [0.717, 1.165) is 31.1 Å². The summed E-state index contributed by atoms with van der Waals surface area (Å²) in [5, 5.41) is 13.8. The van der Waals surface area contributed by atoms with E-state index < -0.39 is 5.60 Å². The predicted octanol–water partition coefficient (Wildman–Crippen LogP) is 1.50. The van der Waals surface area contributed by atoms with E-state index in [1.807, 2.05) is 30.3 Å². The molecule has 4 nitrogen and oxygen atoms in total. The Morgan fingerprint density at radius 1 is 1.24 bits per heavy atom. The van der Waals surface area contributed by atoms with Crippen LogP contribution in [0, 0.1) is 5.92 Å².